The van der Waals surface area contributed by atoms with Crippen molar-refractivity contribution in [3.8, 4) is 0 Å². The van der Waals surface area contributed by atoms with E-state index in [0.29, 0.717) is 12.0 Å². The van der Waals surface area contributed by atoms with Crippen LogP contribution in [0.5, 0.6) is 0 Å². The lowest BCUT2D eigenvalue weighted by Crippen LogP contribution is -2.33. The summed E-state index contributed by atoms with van der Waals surface area (Å²) in [7, 11) is 0. The Bertz CT molecular complexity index is 143. The Kier molecular flexibility index (Phi) is 9.00. The zero-order chi connectivity index (χ0) is 10.8. The topological polar surface area (TPSA) is 21.3 Å². The Hall–Kier alpha value is -0.340. The van der Waals surface area contributed by atoms with Gasteiger partial charge in [-0.3, -0.25) is 0 Å². The van der Waals surface area contributed by atoms with Crippen LogP contribution in [0.3, 0.4) is 0 Å². The molecular weight excluding hydrogens is 174 g/mol. The minimum absolute atomic E-state index is 0.331. The highest BCUT2D eigenvalue weighted by molar-refractivity contribution is 4.77. The van der Waals surface area contributed by atoms with Crippen molar-refractivity contribution in [2.24, 2.45) is 5.92 Å². The summed E-state index contributed by atoms with van der Waals surface area (Å²) < 4.78 is 5.74. The smallest absolute Gasteiger partial charge is 0.0726 e. The number of ether oxygens (including phenoxy) is 1. The van der Waals surface area contributed by atoms with Gasteiger partial charge in [0.2, 0.25) is 0 Å². The first kappa shape index (κ1) is 13.7. The Morgan fingerprint density at radius 1 is 1.36 bits per heavy atom. The average Bonchev–Trinajstić information content (AvgIpc) is 2.15. The van der Waals surface area contributed by atoms with Crippen molar-refractivity contribution >= 4 is 0 Å². The van der Waals surface area contributed by atoms with Crippen LogP contribution in [0.1, 0.15) is 34.1 Å². The van der Waals surface area contributed by atoms with Gasteiger partial charge >= 0.3 is 0 Å². The van der Waals surface area contributed by atoms with Crippen molar-refractivity contribution in [1.82, 2.24) is 5.32 Å². The second kappa shape index (κ2) is 9.22. The summed E-state index contributed by atoms with van der Waals surface area (Å²) in [5.41, 5.74) is 0. The fourth-order valence-corrected chi connectivity index (χ4v) is 1.18. The second-order valence-electron chi connectivity index (χ2n) is 3.89. The Morgan fingerprint density at radius 2 is 2.07 bits per heavy atom. The molecule has 1 unspecified atom stereocenters. The van der Waals surface area contributed by atoms with E-state index in [1.807, 2.05) is 13.0 Å². The van der Waals surface area contributed by atoms with Gasteiger partial charge in [0.1, 0.15) is 0 Å². The second-order valence-corrected chi connectivity index (χ2v) is 3.89. The molecule has 0 saturated carbocycles. The molecule has 0 spiro atoms. The fraction of sp³-hybridized carbons (Fsp3) is 0.833. The zero-order valence-corrected chi connectivity index (χ0v) is 10.0. The van der Waals surface area contributed by atoms with E-state index < -0.39 is 0 Å². The van der Waals surface area contributed by atoms with Gasteiger partial charge in [-0.1, -0.05) is 32.9 Å². The third-order valence-electron chi connectivity index (χ3n) is 2.16. The summed E-state index contributed by atoms with van der Waals surface area (Å²) in [6.07, 6.45) is 5.59. The molecule has 0 aromatic rings. The van der Waals surface area contributed by atoms with Gasteiger partial charge in [0, 0.05) is 6.54 Å². The lowest BCUT2D eigenvalue weighted by molar-refractivity contribution is 0.0408. The maximum absolute atomic E-state index is 5.74. The summed E-state index contributed by atoms with van der Waals surface area (Å²) in [5, 5.41) is 3.39. The molecule has 0 aromatic carbocycles. The highest BCUT2D eigenvalue weighted by Gasteiger charge is 2.11. The normalized spacial score (nSPS) is 14.1. The molecule has 0 rings (SSSR count). The van der Waals surface area contributed by atoms with E-state index in [1.165, 1.54) is 6.42 Å². The molecule has 0 amide bonds. The number of hydrogen-bond acceptors (Lipinski definition) is 2. The van der Waals surface area contributed by atoms with Crippen molar-refractivity contribution < 1.29 is 4.74 Å². The van der Waals surface area contributed by atoms with E-state index in [9.17, 15) is 0 Å². The van der Waals surface area contributed by atoms with Crippen LogP contribution in [0.4, 0.5) is 0 Å². The zero-order valence-electron chi connectivity index (χ0n) is 10.0. The first-order chi connectivity index (χ1) is 6.72. The van der Waals surface area contributed by atoms with Crippen molar-refractivity contribution in [2.45, 2.75) is 40.2 Å². The van der Waals surface area contributed by atoms with E-state index in [4.69, 9.17) is 4.74 Å². The number of hydrogen-bond donors (Lipinski definition) is 1. The van der Waals surface area contributed by atoms with Crippen molar-refractivity contribution in [3.63, 3.8) is 0 Å². The van der Waals surface area contributed by atoms with Crippen LogP contribution in [0.15, 0.2) is 12.2 Å². The molecule has 0 saturated heterocycles. The molecule has 0 aromatic heterocycles. The van der Waals surface area contributed by atoms with Crippen molar-refractivity contribution in [3.05, 3.63) is 12.2 Å². The van der Waals surface area contributed by atoms with E-state index in [-0.39, 0.29) is 0 Å². The molecule has 1 N–H and O–H groups in total. The van der Waals surface area contributed by atoms with Crippen LogP contribution in [-0.4, -0.2) is 25.8 Å². The fourth-order valence-electron chi connectivity index (χ4n) is 1.18. The summed E-state index contributed by atoms with van der Waals surface area (Å²) in [4.78, 5) is 0. The van der Waals surface area contributed by atoms with Crippen LogP contribution in [0, 0.1) is 5.92 Å². The molecule has 0 heterocycles. The lowest BCUT2D eigenvalue weighted by Gasteiger charge is -2.21. The van der Waals surface area contributed by atoms with Crippen LogP contribution in [-0.2, 0) is 4.74 Å². The predicted molar refractivity (Wildman–Crippen MR) is 62.6 cm³/mol. The van der Waals surface area contributed by atoms with Gasteiger partial charge < -0.3 is 10.1 Å². The van der Waals surface area contributed by atoms with E-state index >= 15 is 0 Å². The van der Waals surface area contributed by atoms with Gasteiger partial charge in [0.25, 0.3) is 0 Å². The molecule has 0 aliphatic rings. The molecular formula is C12H25NO. The first-order valence-corrected chi connectivity index (χ1v) is 5.65. The Balaban J connectivity index is 3.66. The van der Waals surface area contributed by atoms with E-state index in [0.717, 1.165) is 19.7 Å². The third kappa shape index (κ3) is 7.10. The molecule has 0 fully saturated rings. The number of nitrogens with one attached hydrogen (secondary N) is 1. The van der Waals surface area contributed by atoms with Crippen LogP contribution in [0.25, 0.3) is 0 Å². The van der Waals surface area contributed by atoms with Gasteiger partial charge in [-0.15, -0.1) is 0 Å². The Morgan fingerprint density at radius 3 is 2.57 bits per heavy atom. The molecule has 0 aliphatic heterocycles. The standard InChI is InChI=1S/C12H25NO/c1-5-7-9-14-12(11(3)4)10-13-8-6-2/h5,7,11-13H,6,8-10H2,1-4H3. The Labute approximate surface area is 88.7 Å². The van der Waals surface area contributed by atoms with Gasteiger partial charge in [0.15, 0.2) is 0 Å². The highest BCUT2D eigenvalue weighted by atomic mass is 16.5. The predicted octanol–water partition coefficient (Wildman–Crippen LogP) is 2.60. The summed E-state index contributed by atoms with van der Waals surface area (Å²) in [6.45, 7) is 11.4. The van der Waals surface area contributed by atoms with Crippen LogP contribution < -0.4 is 5.32 Å². The SMILES string of the molecule is CC=CCOC(CNCCC)C(C)C. The molecule has 14 heavy (non-hydrogen) atoms. The van der Waals surface area contributed by atoms with Gasteiger partial charge in [-0.2, -0.15) is 0 Å². The molecule has 2 heteroatoms. The highest BCUT2D eigenvalue weighted by Crippen LogP contribution is 2.05. The molecule has 0 radical (unpaired) electrons. The summed E-state index contributed by atoms with van der Waals surface area (Å²) in [6, 6.07) is 0. The quantitative estimate of drug-likeness (QED) is 0.479. The monoisotopic (exact) mass is 199 g/mol. The van der Waals surface area contributed by atoms with Crippen LogP contribution >= 0.6 is 0 Å². The number of allylic oxidation sites excluding steroid dienone is 1. The average molecular weight is 199 g/mol. The summed E-state index contributed by atoms with van der Waals surface area (Å²) >= 11 is 0. The third-order valence-corrected chi connectivity index (χ3v) is 2.16. The largest absolute Gasteiger partial charge is 0.373 e. The molecule has 84 valence electrons. The van der Waals surface area contributed by atoms with Gasteiger partial charge in [0.05, 0.1) is 12.7 Å². The van der Waals surface area contributed by atoms with Crippen LogP contribution in [0.2, 0.25) is 0 Å². The molecule has 1 atom stereocenters. The minimum atomic E-state index is 0.331. The van der Waals surface area contributed by atoms with Crippen molar-refractivity contribution in [1.29, 1.82) is 0 Å². The minimum Gasteiger partial charge on any atom is -0.373 e. The van der Waals surface area contributed by atoms with Crippen molar-refractivity contribution in [2.75, 3.05) is 19.7 Å². The molecule has 0 aliphatic carbocycles. The van der Waals surface area contributed by atoms with Gasteiger partial charge in [-0.25, -0.2) is 0 Å². The van der Waals surface area contributed by atoms with Gasteiger partial charge in [-0.05, 0) is 25.8 Å². The lowest BCUT2D eigenvalue weighted by atomic mass is 10.1. The maximum atomic E-state index is 5.74. The van der Waals surface area contributed by atoms with E-state index in [2.05, 4.69) is 32.2 Å². The summed E-state index contributed by atoms with van der Waals surface area (Å²) in [5.74, 6) is 0.574. The molecule has 2 nitrogen and oxygen atoms in total. The number of rotatable bonds is 8. The molecule has 0 bridgehead atoms. The van der Waals surface area contributed by atoms with E-state index in [1.54, 1.807) is 0 Å². The first-order valence-electron chi connectivity index (χ1n) is 5.65. The maximum Gasteiger partial charge on any atom is 0.0726 e.